The third-order valence-electron chi connectivity index (χ3n) is 3.61. The highest BCUT2D eigenvalue weighted by molar-refractivity contribution is 4.62. The fourth-order valence-corrected chi connectivity index (χ4v) is 2.10. The molecule has 3 nitrogen and oxygen atoms in total. The monoisotopic (exact) mass is 286 g/mol. The predicted octanol–water partition coefficient (Wildman–Crippen LogP) is 3.40. The van der Waals surface area contributed by atoms with E-state index in [0.29, 0.717) is 0 Å². The Morgan fingerprint density at radius 1 is 0.850 bits per heavy atom. The number of nitrogens with zero attached hydrogens (tertiary/aromatic N) is 1. The summed E-state index contributed by atoms with van der Waals surface area (Å²) in [6, 6.07) is 0. The first-order valence-corrected chi connectivity index (χ1v) is 8.48. The molecule has 0 radical (unpaired) electrons. The highest BCUT2D eigenvalue weighted by Crippen LogP contribution is 2.07. The summed E-state index contributed by atoms with van der Waals surface area (Å²) in [4.78, 5) is 2.66. The second-order valence-corrected chi connectivity index (χ2v) is 6.66. The van der Waals surface area contributed by atoms with Gasteiger partial charge in [-0.1, -0.05) is 27.7 Å². The highest BCUT2D eigenvalue weighted by atomic mass is 16.5. The van der Waals surface area contributed by atoms with Gasteiger partial charge < -0.3 is 15.0 Å². The van der Waals surface area contributed by atoms with Gasteiger partial charge in [-0.2, -0.15) is 0 Å². The van der Waals surface area contributed by atoms with E-state index in [-0.39, 0.29) is 0 Å². The lowest BCUT2D eigenvalue weighted by Crippen LogP contribution is -2.29. The van der Waals surface area contributed by atoms with E-state index < -0.39 is 0 Å². The molecule has 0 amide bonds. The standard InChI is InChI=1S/C17H38N2O/c1-16(2)8-13-19(14-9-17(3)4)12-7-6-10-18-11-15-20-5/h16-18H,6-15H2,1-5H3. The molecule has 0 heterocycles. The smallest absolute Gasteiger partial charge is 0.0587 e. The van der Waals surface area contributed by atoms with Gasteiger partial charge in [-0.05, 0) is 63.7 Å². The largest absolute Gasteiger partial charge is 0.383 e. The molecule has 0 aromatic heterocycles. The summed E-state index contributed by atoms with van der Waals surface area (Å²) in [5, 5.41) is 3.42. The topological polar surface area (TPSA) is 24.5 Å². The molecule has 0 aliphatic heterocycles. The van der Waals surface area contributed by atoms with E-state index in [1.54, 1.807) is 7.11 Å². The van der Waals surface area contributed by atoms with Crippen molar-refractivity contribution in [3.63, 3.8) is 0 Å². The van der Waals surface area contributed by atoms with E-state index in [4.69, 9.17) is 4.74 Å². The molecule has 0 bridgehead atoms. The second kappa shape index (κ2) is 13.8. The van der Waals surface area contributed by atoms with Crippen LogP contribution in [-0.4, -0.2) is 51.3 Å². The van der Waals surface area contributed by atoms with Gasteiger partial charge in [0.1, 0.15) is 0 Å². The first kappa shape index (κ1) is 19.9. The third kappa shape index (κ3) is 14.3. The van der Waals surface area contributed by atoms with Gasteiger partial charge in [-0.15, -0.1) is 0 Å². The molecule has 0 atom stereocenters. The highest BCUT2D eigenvalue weighted by Gasteiger charge is 2.07. The van der Waals surface area contributed by atoms with Crippen LogP contribution in [0.5, 0.6) is 0 Å². The number of methoxy groups -OCH3 is 1. The zero-order chi connectivity index (χ0) is 15.2. The van der Waals surface area contributed by atoms with Crippen molar-refractivity contribution in [3.8, 4) is 0 Å². The van der Waals surface area contributed by atoms with Gasteiger partial charge in [0.2, 0.25) is 0 Å². The second-order valence-electron chi connectivity index (χ2n) is 6.66. The molecule has 0 saturated heterocycles. The van der Waals surface area contributed by atoms with Gasteiger partial charge in [0.25, 0.3) is 0 Å². The van der Waals surface area contributed by atoms with Crippen molar-refractivity contribution in [3.05, 3.63) is 0 Å². The third-order valence-corrected chi connectivity index (χ3v) is 3.61. The van der Waals surface area contributed by atoms with Crippen molar-refractivity contribution in [2.75, 3.05) is 46.4 Å². The minimum absolute atomic E-state index is 0.812. The van der Waals surface area contributed by atoms with E-state index in [1.807, 2.05) is 0 Å². The molecule has 20 heavy (non-hydrogen) atoms. The zero-order valence-corrected chi connectivity index (χ0v) is 14.6. The lowest BCUT2D eigenvalue weighted by Gasteiger charge is -2.24. The van der Waals surface area contributed by atoms with Crippen LogP contribution in [-0.2, 0) is 4.74 Å². The number of rotatable bonds is 14. The Labute approximate surface area is 127 Å². The fourth-order valence-electron chi connectivity index (χ4n) is 2.10. The SMILES string of the molecule is COCCNCCCCN(CCC(C)C)CCC(C)C. The molecule has 0 fully saturated rings. The maximum atomic E-state index is 5.02. The van der Waals surface area contributed by atoms with E-state index in [9.17, 15) is 0 Å². The van der Waals surface area contributed by atoms with Crippen molar-refractivity contribution in [2.24, 2.45) is 11.8 Å². The Bertz CT molecular complexity index is 183. The number of hydrogen-bond acceptors (Lipinski definition) is 3. The van der Waals surface area contributed by atoms with Crippen molar-refractivity contribution in [1.29, 1.82) is 0 Å². The summed E-state index contributed by atoms with van der Waals surface area (Å²) in [6.07, 6.45) is 5.22. The lowest BCUT2D eigenvalue weighted by atomic mass is 10.1. The van der Waals surface area contributed by atoms with Crippen molar-refractivity contribution in [1.82, 2.24) is 10.2 Å². The van der Waals surface area contributed by atoms with Crippen LogP contribution in [0.15, 0.2) is 0 Å². The van der Waals surface area contributed by atoms with Gasteiger partial charge >= 0.3 is 0 Å². The Balaban J connectivity index is 3.67. The molecular formula is C17H38N2O. The van der Waals surface area contributed by atoms with Crippen LogP contribution in [0.4, 0.5) is 0 Å². The van der Waals surface area contributed by atoms with E-state index in [2.05, 4.69) is 37.9 Å². The van der Waals surface area contributed by atoms with Crippen molar-refractivity contribution in [2.45, 2.75) is 53.4 Å². The van der Waals surface area contributed by atoms with Crippen LogP contribution in [0, 0.1) is 11.8 Å². The maximum Gasteiger partial charge on any atom is 0.0587 e. The van der Waals surface area contributed by atoms with Crippen LogP contribution in [0.2, 0.25) is 0 Å². The molecule has 0 aliphatic rings. The molecule has 0 unspecified atom stereocenters. The molecule has 0 aliphatic carbocycles. The minimum Gasteiger partial charge on any atom is -0.383 e. The number of unbranched alkanes of at least 4 members (excludes halogenated alkanes) is 1. The first-order chi connectivity index (χ1) is 9.56. The number of nitrogens with one attached hydrogen (secondary N) is 1. The Kier molecular flexibility index (Phi) is 13.8. The number of hydrogen-bond donors (Lipinski definition) is 1. The minimum atomic E-state index is 0.812. The average Bonchev–Trinajstić information content (AvgIpc) is 2.39. The average molecular weight is 287 g/mol. The summed E-state index contributed by atoms with van der Waals surface area (Å²) < 4.78 is 5.02. The molecule has 0 aromatic rings. The van der Waals surface area contributed by atoms with Gasteiger partial charge in [-0.25, -0.2) is 0 Å². The van der Waals surface area contributed by atoms with Crippen LogP contribution in [0.3, 0.4) is 0 Å². The molecule has 122 valence electrons. The fraction of sp³-hybridized carbons (Fsp3) is 1.00. The quantitative estimate of drug-likeness (QED) is 0.495. The van der Waals surface area contributed by atoms with E-state index >= 15 is 0 Å². The summed E-state index contributed by atoms with van der Waals surface area (Å²) in [5.41, 5.74) is 0. The molecule has 1 N–H and O–H groups in total. The van der Waals surface area contributed by atoms with Crippen LogP contribution < -0.4 is 5.32 Å². The summed E-state index contributed by atoms with van der Waals surface area (Å²) >= 11 is 0. The normalized spacial score (nSPS) is 12.0. The van der Waals surface area contributed by atoms with Crippen LogP contribution in [0.25, 0.3) is 0 Å². The molecule has 0 saturated carbocycles. The van der Waals surface area contributed by atoms with E-state index in [1.165, 1.54) is 45.3 Å². The van der Waals surface area contributed by atoms with Crippen LogP contribution >= 0.6 is 0 Å². The summed E-state index contributed by atoms with van der Waals surface area (Å²) in [7, 11) is 1.75. The van der Waals surface area contributed by atoms with Crippen LogP contribution in [0.1, 0.15) is 53.4 Å². The van der Waals surface area contributed by atoms with Gasteiger partial charge in [0, 0.05) is 13.7 Å². The van der Waals surface area contributed by atoms with E-state index in [0.717, 1.165) is 31.5 Å². The Hall–Kier alpha value is -0.120. The summed E-state index contributed by atoms with van der Waals surface area (Å²) in [5.74, 6) is 1.62. The van der Waals surface area contributed by atoms with Crippen molar-refractivity contribution < 1.29 is 4.74 Å². The molecule has 0 spiro atoms. The molecule has 0 rings (SSSR count). The van der Waals surface area contributed by atoms with Gasteiger partial charge in [-0.3, -0.25) is 0 Å². The zero-order valence-electron chi connectivity index (χ0n) is 14.6. The Morgan fingerprint density at radius 3 is 1.95 bits per heavy atom. The maximum absolute atomic E-state index is 5.02. The summed E-state index contributed by atoms with van der Waals surface area (Å²) in [6.45, 7) is 16.0. The molecule has 0 aromatic carbocycles. The molecule has 3 heteroatoms. The van der Waals surface area contributed by atoms with Gasteiger partial charge in [0.15, 0.2) is 0 Å². The number of ether oxygens (including phenoxy) is 1. The predicted molar refractivity (Wildman–Crippen MR) is 89.3 cm³/mol. The van der Waals surface area contributed by atoms with Crippen molar-refractivity contribution >= 4 is 0 Å². The first-order valence-electron chi connectivity index (χ1n) is 8.48. The molecular weight excluding hydrogens is 248 g/mol. The lowest BCUT2D eigenvalue weighted by molar-refractivity contribution is 0.198. The Morgan fingerprint density at radius 2 is 1.45 bits per heavy atom. The van der Waals surface area contributed by atoms with Gasteiger partial charge in [0.05, 0.1) is 6.61 Å².